The van der Waals surface area contributed by atoms with Gasteiger partial charge < -0.3 is 15.0 Å². The fraction of sp³-hybridized carbons (Fsp3) is 0.600. The molecule has 190 valence electrons. The van der Waals surface area contributed by atoms with E-state index in [1.165, 1.54) is 43.0 Å². The number of pyridine rings is 1. The first-order valence-corrected chi connectivity index (χ1v) is 13.9. The van der Waals surface area contributed by atoms with Crippen LogP contribution in [0.1, 0.15) is 66.9 Å². The van der Waals surface area contributed by atoms with Crippen molar-refractivity contribution in [3.63, 3.8) is 0 Å². The van der Waals surface area contributed by atoms with Crippen LogP contribution in [0.2, 0.25) is 0 Å². The average Bonchev–Trinajstić information content (AvgIpc) is 3.66. The van der Waals surface area contributed by atoms with Gasteiger partial charge in [-0.3, -0.25) is 14.5 Å². The number of carbonyl (C=O) groups excluding carboxylic acids is 1. The number of aromatic nitrogens is 1. The first kappa shape index (κ1) is 22.6. The summed E-state index contributed by atoms with van der Waals surface area (Å²) in [6.07, 6.45) is 11.3. The largest absolute Gasteiger partial charge is 0.508 e. The average molecular weight is 488 g/mol. The zero-order valence-electron chi connectivity index (χ0n) is 21.4. The summed E-state index contributed by atoms with van der Waals surface area (Å²) in [7, 11) is 1.90. The van der Waals surface area contributed by atoms with Crippen LogP contribution in [0.4, 0.5) is 0 Å². The molecule has 6 heteroatoms. The van der Waals surface area contributed by atoms with Gasteiger partial charge in [0.25, 0.3) is 5.91 Å². The summed E-state index contributed by atoms with van der Waals surface area (Å²) < 4.78 is 0. The number of fused-ring (bicyclic) bond motifs is 1. The van der Waals surface area contributed by atoms with Crippen molar-refractivity contribution in [1.29, 1.82) is 0 Å². The van der Waals surface area contributed by atoms with E-state index in [0.29, 0.717) is 23.6 Å². The maximum atomic E-state index is 13.6. The Bertz CT molecular complexity index is 1280. The van der Waals surface area contributed by atoms with Gasteiger partial charge in [-0.2, -0.15) is 0 Å². The van der Waals surface area contributed by atoms with Crippen LogP contribution in [0.15, 0.2) is 41.5 Å². The number of phenols is 1. The van der Waals surface area contributed by atoms with Gasteiger partial charge in [-0.15, -0.1) is 0 Å². The molecule has 1 aromatic heterocycles. The molecule has 4 bridgehead atoms. The molecule has 0 spiro atoms. The minimum absolute atomic E-state index is 0.0377. The Hall–Kier alpha value is -2.60. The Morgan fingerprint density at radius 3 is 2.83 bits per heavy atom. The number of rotatable bonds is 4. The number of H-pyrrole nitrogens is 1. The number of nitrogens with one attached hydrogen (secondary N) is 1. The number of carbonyl (C=O) groups is 1. The van der Waals surface area contributed by atoms with Gasteiger partial charge in [0, 0.05) is 49.6 Å². The monoisotopic (exact) mass is 487 g/mol. The van der Waals surface area contributed by atoms with Crippen LogP contribution >= 0.6 is 0 Å². The maximum Gasteiger partial charge on any atom is 0.259 e. The topological polar surface area (TPSA) is 76.6 Å². The van der Waals surface area contributed by atoms with Crippen molar-refractivity contribution in [2.45, 2.75) is 69.4 Å². The minimum Gasteiger partial charge on any atom is -0.508 e. The predicted octanol–water partition coefficient (Wildman–Crippen LogP) is 3.94. The molecule has 0 radical (unpaired) electrons. The van der Waals surface area contributed by atoms with Gasteiger partial charge in [0.2, 0.25) is 0 Å². The normalized spacial score (nSPS) is 36.7. The lowest BCUT2D eigenvalue weighted by Gasteiger charge is -2.67. The highest BCUT2D eigenvalue weighted by molar-refractivity contribution is 5.93. The van der Waals surface area contributed by atoms with Gasteiger partial charge in [-0.1, -0.05) is 13.0 Å². The molecular weight excluding hydrogens is 450 g/mol. The second-order valence-corrected chi connectivity index (χ2v) is 12.5. The molecule has 5 aliphatic rings. The second kappa shape index (κ2) is 7.70. The van der Waals surface area contributed by atoms with Gasteiger partial charge in [-0.05, 0) is 97.9 Å². The van der Waals surface area contributed by atoms with E-state index < -0.39 is 0 Å². The van der Waals surface area contributed by atoms with E-state index in [0.717, 1.165) is 38.1 Å². The second-order valence-electron chi connectivity index (χ2n) is 12.5. The third kappa shape index (κ3) is 2.88. The molecule has 5 unspecified atom stereocenters. The molecule has 1 amide bonds. The number of phenolic OH excluding ortho intramolecular Hbond substituents is 1. The van der Waals surface area contributed by atoms with Crippen molar-refractivity contribution in [2.24, 2.45) is 23.2 Å². The third-order valence-electron chi connectivity index (χ3n) is 11.0. The Morgan fingerprint density at radius 1 is 1.22 bits per heavy atom. The Morgan fingerprint density at radius 2 is 2.06 bits per heavy atom. The van der Waals surface area contributed by atoms with Crippen molar-refractivity contribution >= 4 is 5.91 Å². The molecule has 6 nitrogen and oxygen atoms in total. The molecule has 7 rings (SSSR count). The molecule has 4 fully saturated rings. The summed E-state index contributed by atoms with van der Waals surface area (Å²) in [6.45, 7) is 4.73. The highest BCUT2D eigenvalue weighted by Gasteiger charge is 2.73. The smallest absolute Gasteiger partial charge is 0.259 e. The first-order chi connectivity index (χ1) is 17.4. The predicted molar refractivity (Wildman–Crippen MR) is 138 cm³/mol. The fourth-order valence-electron chi connectivity index (χ4n) is 9.64. The van der Waals surface area contributed by atoms with Crippen LogP contribution < -0.4 is 5.43 Å². The molecular formula is C30H37N3O3. The Labute approximate surface area is 212 Å². The lowest BCUT2D eigenvalue weighted by atomic mass is 9.43. The molecule has 1 aromatic carbocycles. The highest BCUT2D eigenvalue weighted by atomic mass is 16.3. The Kier molecular flexibility index (Phi) is 4.83. The lowest BCUT2D eigenvalue weighted by molar-refractivity contribution is -0.105. The van der Waals surface area contributed by atoms with Crippen LogP contribution in [-0.2, 0) is 11.8 Å². The van der Waals surface area contributed by atoms with E-state index in [4.69, 9.17) is 0 Å². The number of nitrogens with zero attached hydrogens (tertiary/aromatic N) is 2. The molecule has 2 N–H and O–H groups in total. The standard InChI is InChI=1S/C30H37N3O3/c1-18-15-29-9-7-24(32(2)28(36)22-16-31-11-8-25(22)35)27(18)30(29)10-12-33(17-19-3-4-19)26(29)13-20-5-6-21(34)14-23(20)30/h5-6,8,11,14,16,18-19,24,26-27,34H,3-4,7,9-10,12-13,15,17H2,1-2H3,(H,31,35)/t18-,24?,26?,27?,29?,30?/m0/s1. The van der Waals surface area contributed by atoms with E-state index in [-0.39, 0.29) is 33.8 Å². The quantitative estimate of drug-likeness (QED) is 0.685. The molecule has 2 heterocycles. The lowest BCUT2D eigenvalue weighted by Crippen LogP contribution is -2.70. The zero-order chi connectivity index (χ0) is 24.8. The number of hydrogen-bond acceptors (Lipinski definition) is 4. The summed E-state index contributed by atoms with van der Waals surface area (Å²) in [6, 6.07) is 8.14. The van der Waals surface area contributed by atoms with Crippen molar-refractivity contribution in [1.82, 2.24) is 14.8 Å². The molecule has 1 saturated heterocycles. The summed E-state index contributed by atoms with van der Waals surface area (Å²) >= 11 is 0. The molecule has 36 heavy (non-hydrogen) atoms. The minimum atomic E-state index is -0.227. The van der Waals surface area contributed by atoms with E-state index in [1.54, 1.807) is 12.4 Å². The van der Waals surface area contributed by atoms with E-state index in [2.05, 4.69) is 28.9 Å². The summed E-state index contributed by atoms with van der Waals surface area (Å²) in [5, 5.41) is 10.6. The van der Waals surface area contributed by atoms with Crippen molar-refractivity contribution < 1.29 is 9.90 Å². The van der Waals surface area contributed by atoms with E-state index in [1.807, 2.05) is 18.0 Å². The van der Waals surface area contributed by atoms with Crippen molar-refractivity contribution in [3.8, 4) is 5.75 Å². The van der Waals surface area contributed by atoms with Gasteiger partial charge >= 0.3 is 0 Å². The number of likely N-dealkylation sites (tertiary alicyclic amines) is 1. The number of hydrogen-bond donors (Lipinski definition) is 2. The SMILES string of the molecule is C[C@H]1CC23CCC(N(C)C(=O)c4c[nH]ccc4=O)C1C21CCN(CC2CC2)C3Cc2ccc(O)cc21. The number of aromatic hydroxyl groups is 1. The van der Waals surface area contributed by atoms with Crippen LogP contribution in [0.3, 0.4) is 0 Å². The Balaban J connectivity index is 1.35. The number of piperidine rings is 1. The van der Waals surface area contributed by atoms with E-state index in [9.17, 15) is 14.7 Å². The molecule has 6 atom stereocenters. The highest BCUT2D eigenvalue weighted by Crippen LogP contribution is 2.74. The van der Waals surface area contributed by atoms with Gasteiger partial charge in [-0.25, -0.2) is 0 Å². The van der Waals surface area contributed by atoms with Gasteiger partial charge in [0.05, 0.1) is 0 Å². The molecule has 1 aliphatic heterocycles. The van der Waals surface area contributed by atoms with E-state index >= 15 is 0 Å². The van der Waals surface area contributed by atoms with Crippen molar-refractivity contribution in [2.75, 3.05) is 20.1 Å². The number of amides is 1. The summed E-state index contributed by atoms with van der Waals surface area (Å²) in [4.78, 5) is 33.8. The maximum absolute atomic E-state index is 13.6. The van der Waals surface area contributed by atoms with Gasteiger partial charge in [0.15, 0.2) is 5.43 Å². The third-order valence-corrected chi connectivity index (χ3v) is 11.0. The number of benzene rings is 1. The van der Waals surface area contributed by atoms with Crippen LogP contribution in [0.5, 0.6) is 5.75 Å². The zero-order valence-corrected chi connectivity index (χ0v) is 21.4. The summed E-state index contributed by atoms with van der Waals surface area (Å²) in [5.74, 6) is 1.83. The van der Waals surface area contributed by atoms with Crippen LogP contribution in [0, 0.1) is 23.2 Å². The molecule has 4 aliphatic carbocycles. The fourth-order valence-corrected chi connectivity index (χ4v) is 9.64. The van der Waals surface area contributed by atoms with Gasteiger partial charge in [0.1, 0.15) is 11.3 Å². The van der Waals surface area contributed by atoms with Crippen LogP contribution in [-0.4, -0.2) is 58.0 Å². The summed E-state index contributed by atoms with van der Waals surface area (Å²) in [5.41, 5.74) is 2.89. The van der Waals surface area contributed by atoms with Crippen LogP contribution in [0.25, 0.3) is 0 Å². The molecule has 3 saturated carbocycles. The molecule has 2 aromatic rings. The van der Waals surface area contributed by atoms with Crippen molar-refractivity contribution in [3.05, 3.63) is 63.6 Å². The number of aromatic amines is 1. The first-order valence-electron chi connectivity index (χ1n) is 13.9.